The topological polar surface area (TPSA) is 93.3 Å². The predicted octanol–water partition coefficient (Wildman–Crippen LogP) is 2.86. The van der Waals surface area contributed by atoms with Crippen LogP contribution < -0.4 is 20.3 Å². The van der Waals surface area contributed by atoms with Gasteiger partial charge in [-0.3, -0.25) is 9.59 Å². The summed E-state index contributed by atoms with van der Waals surface area (Å²) in [5.41, 5.74) is 1.35. The lowest BCUT2D eigenvalue weighted by molar-refractivity contribution is 0.0943. The van der Waals surface area contributed by atoms with Gasteiger partial charge in [-0.1, -0.05) is 6.07 Å². The normalized spacial score (nSPS) is 14.2. The molecule has 27 heavy (non-hydrogen) atoms. The molecule has 0 saturated carbocycles. The second-order valence-corrected chi connectivity index (χ2v) is 7.48. The smallest absolute Gasteiger partial charge is 0.262 e. The number of amides is 1. The number of carbonyl (C=O) groups is 1. The number of ether oxygens (including phenoxy) is 2. The zero-order valence-electron chi connectivity index (χ0n) is 15.2. The summed E-state index contributed by atoms with van der Waals surface area (Å²) in [6, 6.07) is 5.41. The molecule has 4 rings (SSSR count). The standard InChI is InChI=1S/C19H19N3O4S/c1-9-15-17(23)21-11(3)22-19(15)27-16(9)18(24)20-10(2)12-4-5-13-14(8-12)26-7-6-25-13/h4-5,8,10H,6-7H2,1-3H3,(H,20,24)(H,21,22,23)/t10-/m0/s1. The van der Waals surface area contributed by atoms with E-state index in [4.69, 9.17) is 9.47 Å². The average molecular weight is 385 g/mol. The molecule has 0 spiro atoms. The van der Waals surface area contributed by atoms with Crippen LogP contribution in [-0.2, 0) is 0 Å². The Morgan fingerprint density at radius 2 is 2.00 bits per heavy atom. The van der Waals surface area contributed by atoms with Crippen molar-refractivity contribution in [2.24, 2.45) is 0 Å². The molecule has 1 amide bonds. The molecular weight excluding hydrogens is 366 g/mol. The summed E-state index contributed by atoms with van der Waals surface area (Å²) >= 11 is 1.23. The van der Waals surface area contributed by atoms with E-state index in [0.29, 0.717) is 51.2 Å². The van der Waals surface area contributed by atoms with Gasteiger partial charge in [0, 0.05) is 0 Å². The van der Waals surface area contributed by atoms with Crippen molar-refractivity contribution in [1.82, 2.24) is 15.3 Å². The molecule has 0 unspecified atom stereocenters. The minimum absolute atomic E-state index is 0.217. The van der Waals surface area contributed by atoms with Gasteiger partial charge >= 0.3 is 0 Å². The lowest BCUT2D eigenvalue weighted by Crippen LogP contribution is -2.26. The van der Waals surface area contributed by atoms with Crippen LogP contribution in [0.1, 0.15) is 39.6 Å². The molecule has 1 atom stereocenters. The third kappa shape index (κ3) is 3.16. The van der Waals surface area contributed by atoms with Crippen LogP contribution in [0.5, 0.6) is 11.5 Å². The lowest BCUT2D eigenvalue weighted by Gasteiger charge is -2.21. The SMILES string of the molecule is Cc1nc2sc(C(=O)N[C@@H](C)c3ccc4c(c3)OCCO4)c(C)c2c(=O)[nH]1. The second kappa shape index (κ2) is 6.70. The molecule has 0 bridgehead atoms. The van der Waals surface area contributed by atoms with E-state index in [1.54, 1.807) is 13.8 Å². The summed E-state index contributed by atoms with van der Waals surface area (Å²) in [6.07, 6.45) is 0. The summed E-state index contributed by atoms with van der Waals surface area (Å²) < 4.78 is 11.1. The molecule has 2 N–H and O–H groups in total. The van der Waals surface area contributed by atoms with Crippen molar-refractivity contribution in [3.05, 3.63) is 50.4 Å². The zero-order chi connectivity index (χ0) is 19.1. The number of aromatic nitrogens is 2. The number of nitrogens with one attached hydrogen (secondary N) is 2. The lowest BCUT2D eigenvalue weighted by atomic mass is 10.1. The Hall–Kier alpha value is -2.87. The number of nitrogens with zero attached hydrogens (tertiary/aromatic N) is 1. The van der Waals surface area contributed by atoms with Crippen molar-refractivity contribution in [1.29, 1.82) is 0 Å². The van der Waals surface area contributed by atoms with Gasteiger partial charge in [-0.15, -0.1) is 11.3 Å². The first kappa shape index (κ1) is 17.5. The van der Waals surface area contributed by atoms with E-state index in [-0.39, 0.29) is 17.5 Å². The highest BCUT2D eigenvalue weighted by Crippen LogP contribution is 2.33. The molecule has 0 radical (unpaired) electrons. The summed E-state index contributed by atoms with van der Waals surface area (Å²) in [5, 5.41) is 3.46. The van der Waals surface area contributed by atoms with Crippen molar-refractivity contribution in [3.63, 3.8) is 0 Å². The summed E-state index contributed by atoms with van der Waals surface area (Å²) in [6.45, 7) is 6.45. The van der Waals surface area contributed by atoms with Crippen LogP contribution >= 0.6 is 11.3 Å². The highest BCUT2D eigenvalue weighted by molar-refractivity contribution is 7.20. The minimum atomic E-state index is -0.231. The van der Waals surface area contributed by atoms with Crippen molar-refractivity contribution in [2.75, 3.05) is 13.2 Å². The van der Waals surface area contributed by atoms with Gasteiger partial charge in [0.2, 0.25) is 0 Å². The number of thiophene rings is 1. The van der Waals surface area contributed by atoms with E-state index >= 15 is 0 Å². The molecule has 3 heterocycles. The van der Waals surface area contributed by atoms with Gasteiger partial charge in [-0.25, -0.2) is 4.98 Å². The molecule has 2 aromatic heterocycles. The maximum Gasteiger partial charge on any atom is 0.262 e. The monoisotopic (exact) mass is 385 g/mol. The van der Waals surface area contributed by atoms with E-state index in [1.807, 2.05) is 25.1 Å². The first-order valence-corrected chi connectivity index (χ1v) is 9.46. The quantitative estimate of drug-likeness (QED) is 0.723. The van der Waals surface area contributed by atoms with Crippen LogP contribution in [0.25, 0.3) is 10.2 Å². The fraction of sp³-hybridized carbons (Fsp3) is 0.316. The van der Waals surface area contributed by atoms with Gasteiger partial charge in [0.05, 0.1) is 16.3 Å². The first-order valence-electron chi connectivity index (χ1n) is 8.64. The minimum Gasteiger partial charge on any atom is -0.486 e. The molecule has 8 heteroatoms. The van der Waals surface area contributed by atoms with Crippen LogP contribution in [0.4, 0.5) is 0 Å². The van der Waals surface area contributed by atoms with Gasteiger partial charge in [0.25, 0.3) is 11.5 Å². The molecule has 1 aromatic carbocycles. The molecular formula is C19H19N3O4S. The molecule has 0 saturated heterocycles. The van der Waals surface area contributed by atoms with E-state index in [9.17, 15) is 9.59 Å². The molecule has 3 aromatic rings. The molecule has 7 nitrogen and oxygen atoms in total. The number of hydrogen-bond acceptors (Lipinski definition) is 6. The third-order valence-corrected chi connectivity index (χ3v) is 5.72. The molecule has 0 fully saturated rings. The van der Waals surface area contributed by atoms with E-state index in [1.165, 1.54) is 11.3 Å². The van der Waals surface area contributed by atoms with Crippen LogP contribution in [-0.4, -0.2) is 29.1 Å². The Balaban J connectivity index is 1.60. The average Bonchev–Trinajstić information content (AvgIpc) is 2.97. The summed E-state index contributed by atoms with van der Waals surface area (Å²) in [4.78, 5) is 33.1. The fourth-order valence-electron chi connectivity index (χ4n) is 3.14. The number of aromatic amines is 1. The number of benzene rings is 1. The van der Waals surface area contributed by atoms with E-state index in [0.717, 1.165) is 5.56 Å². The number of rotatable bonds is 3. The van der Waals surface area contributed by atoms with Gasteiger partial charge in [-0.2, -0.15) is 0 Å². The maximum absolute atomic E-state index is 12.8. The van der Waals surface area contributed by atoms with Gasteiger partial charge < -0.3 is 19.8 Å². The predicted molar refractivity (Wildman–Crippen MR) is 103 cm³/mol. The number of carbonyl (C=O) groups excluding carboxylic acids is 1. The molecule has 1 aliphatic heterocycles. The van der Waals surface area contributed by atoms with Crippen LogP contribution in [0.3, 0.4) is 0 Å². The van der Waals surface area contributed by atoms with Gasteiger partial charge in [-0.05, 0) is 44.0 Å². The van der Waals surface area contributed by atoms with Crippen molar-refractivity contribution >= 4 is 27.5 Å². The van der Waals surface area contributed by atoms with Crippen LogP contribution in [0, 0.1) is 13.8 Å². The fourth-order valence-corrected chi connectivity index (χ4v) is 4.27. The van der Waals surface area contributed by atoms with E-state index < -0.39 is 0 Å². The van der Waals surface area contributed by atoms with Crippen LogP contribution in [0.15, 0.2) is 23.0 Å². The Morgan fingerprint density at radius 1 is 1.26 bits per heavy atom. The molecule has 1 aliphatic rings. The highest BCUT2D eigenvalue weighted by atomic mass is 32.1. The third-order valence-electron chi connectivity index (χ3n) is 4.54. The van der Waals surface area contributed by atoms with Crippen molar-refractivity contribution < 1.29 is 14.3 Å². The molecule has 0 aliphatic carbocycles. The largest absolute Gasteiger partial charge is 0.486 e. The number of aryl methyl sites for hydroxylation is 2. The Labute approximate surface area is 159 Å². The summed E-state index contributed by atoms with van der Waals surface area (Å²) in [7, 11) is 0. The maximum atomic E-state index is 12.8. The first-order chi connectivity index (χ1) is 12.9. The number of hydrogen-bond donors (Lipinski definition) is 2. The van der Waals surface area contributed by atoms with E-state index in [2.05, 4.69) is 15.3 Å². The zero-order valence-corrected chi connectivity index (χ0v) is 16.0. The Morgan fingerprint density at radius 3 is 2.78 bits per heavy atom. The summed E-state index contributed by atoms with van der Waals surface area (Å²) in [5.74, 6) is 1.70. The van der Waals surface area contributed by atoms with Crippen molar-refractivity contribution in [3.8, 4) is 11.5 Å². The van der Waals surface area contributed by atoms with Crippen LogP contribution in [0.2, 0.25) is 0 Å². The van der Waals surface area contributed by atoms with Gasteiger partial charge in [0.15, 0.2) is 11.5 Å². The van der Waals surface area contributed by atoms with Gasteiger partial charge in [0.1, 0.15) is 23.9 Å². The Bertz CT molecular complexity index is 1100. The number of fused-ring (bicyclic) bond motifs is 2. The highest BCUT2D eigenvalue weighted by Gasteiger charge is 2.21. The Kier molecular flexibility index (Phi) is 4.35. The van der Waals surface area contributed by atoms with Crippen molar-refractivity contribution in [2.45, 2.75) is 26.8 Å². The number of H-pyrrole nitrogens is 1. The molecule has 140 valence electrons. The second-order valence-electron chi connectivity index (χ2n) is 6.49.